The largest absolute Gasteiger partial charge is 0.456 e. The first kappa shape index (κ1) is 29.6. The average Bonchev–Trinajstić information content (AvgIpc) is 3.78. The van der Waals surface area contributed by atoms with Crippen LogP contribution in [0.2, 0.25) is 0 Å². The topological polar surface area (TPSA) is 29.5 Å². The standard InChI is InChI=1S/C50H31NO2/c1-2-8-32(9-3-1)33-14-16-34(17-15-33)35-20-22-38(23-21-35)51(40-25-27-49-45(30-40)42-10-4-6-12-47(42)52-49)39-24-26-41-36(28-39)18-19-37-29-50-46(31-44(37)41)43-11-5-7-13-48(43)53-50/h1-31H. The minimum Gasteiger partial charge on any atom is -0.456 e. The zero-order valence-electron chi connectivity index (χ0n) is 28.7. The molecule has 0 fully saturated rings. The van der Waals surface area contributed by atoms with E-state index in [2.05, 4.69) is 169 Å². The van der Waals surface area contributed by atoms with E-state index in [0.29, 0.717) is 0 Å². The van der Waals surface area contributed by atoms with Crippen LogP contribution in [0.5, 0.6) is 0 Å². The van der Waals surface area contributed by atoms with Gasteiger partial charge in [-0.3, -0.25) is 0 Å². The van der Waals surface area contributed by atoms with E-state index < -0.39 is 0 Å². The van der Waals surface area contributed by atoms with Crippen molar-refractivity contribution in [3.63, 3.8) is 0 Å². The molecule has 0 radical (unpaired) electrons. The fraction of sp³-hybridized carbons (Fsp3) is 0. The molecule has 53 heavy (non-hydrogen) atoms. The molecule has 2 aromatic heterocycles. The van der Waals surface area contributed by atoms with Gasteiger partial charge in [0.25, 0.3) is 0 Å². The molecule has 11 aromatic rings. The van der Waals surface area contributed by atoms with Crippen molar-refractivity contribution in [2.24, 2.45) is 0 Å². The fourth-order valence-corrected chi connectivity index (χ4v) is 8.00. The minimum absolute atomic E-state index is 0.882. The second kappa shape index (κ2) is 11.7. The van der Waals surface area contributed by atoms with Gasteiger partial charge in [0.05, 0.1) is 0 Å². The summed E-state index contributed by atoms with van der Waals surface area (Å²) >= 11 is 0. The Morgan fingerprint density at radius 2 is 0.755 bits per heavy atom. The van der Waals surface area contributed by atoms with Gasteiger partial charge in [-0.05, 0) is 111 Å². The second-order valence-corrected chi connectivity index (χ2v) is 13.7. The number of para-hydroxylation sites is 2. The van der Waals surface area contributed by atoms with Crippen molar-refractivity contribution in [2.75, 3.05) is 4.90 Å². The molecule has 3 nitrogen and oxygen atoms in total. The molecule has 0 unspecified atom stereocenters. The Labute approximate surface area is 305 Å². The number of hydrogen-bond donors (Lipinski definition) is 0. The molecule has 0 saturated carbocycles. The molecule has 0 amide bonds. The summed E-state index contributed by atoms with van der Waals surface area (Å²) in [5, 5.41) is 9.26. The molecular formula is C50H31NO2. The summed E-state index contributed by atoms with van der Waals surface area (Å²) in [6.45, 7) is 0. The van der Waals surface area contributed by atoms with Crippen LogP contribution in [0.3, 0.4) is 0 Å². The first-order chi connectivity index (χ1) is 26.2. The van der Waals surface area contributed by atoms with E-state index in [0.717, 1.165) is 60.9 Å². The maximum absolute atomic E-state index is 6.22. The van der Waals surface area contributed by atoms with E-state index in [1.54, 1.807) is 0 Å². The number of fused-ring (bicyclic) bond motifs is 9. The van der Waals surface area contributed by atoms with Gasteiger partial charge in [-0.2, -0.15) is 0 Å². The third kappa shape index (κ3) is 4.90. The normalized spacial score (nSPS) is 11.8. The van der Waals surface area contributed by atoms with Crippen LogP contribution in [0.1, 0.15) is 0 Å². The number of furan rings is 2. The molecule has 248 valence electrons. The lowest BCUT2D eigenvalue weighted by Gasteiger charge is -2.26. The maximum Gasteiger partial charge on any atom is 0.136 e. The van der Waals surface area contributed by atoms with Crippen molar-refractivity contribution < 1.29 is 8.83 Å². The Bertz CT molecular complexity index is 3150. The molecule has 11 rings (SSSR count). The lowest BCUT2D eigenvalue weighted by molar-refractivity contribution is 0.668. The van der Waals surface area contributed by atoms with Gasteiger partial charge in [0.15, 0.2) is 0 Å². The van der Waals surface area contributed by atoms with Crippen LogP contribution in [0.4, 0.5) is 17.1 Å². The molecule has 0 spiro atoms. The Kier molecular flexibility index (Phi) is 6.55. The predicted octanol–water partition coefficient (Wildman–Crippen LogP) is 14.6. The van der Waals surface area contributed by atoms with Crippen molar-refractivity contribution >= 4 is 82.5 Å². The molecule has 0 bridgehead atoms. The maximum atomic E-state index is 6.22. The van der Waals surface area contributed by atoms with Crippen LogP contribution in [-0.4, -0.2) is 0 Å². The third-order valence-corrected chi connectivity index (χ3v) is 10.6. The molecule has 0 aliphatic rings. The minimum atomic E-state index is 0.882. The summed E-state index contributed by atoms with van der Waals surface area (Å²) in [5.74, 6) is 0. The highest BCUT2D eigenvalue weighted by Crippen LogP contribution is 2.42. The van der Waals surface area contributed by atoms with Gasteiger partial charge in [0, 0.05) is 38.6 Å². The zero-order valence-corrected chi connectivity index (χ0v) is 28.7. The van der Waals surface area contributed by atoms with E-state index in [-0.39, 0.29) is 0 Å². The summed E-state index contributed by atoms with van der Waals surface area (Å²) in [7, 11) is 0. The van der Waals surface area contributed by atoms with E-state index in [9.17, 15) is 0 Å². The fourth-order valence-electron chi connectivity index (χ4n) is 8.00. The van der Waals surface area contributed by atoms with Crippen LogP contribution >= 0.6 is 0 Å². The van der Waals surface area contributed by atoms with Gasteiger partial charge in [-0.25, -0.2) is 0 Å². The summed E-state index contributed by atoms with van der Waals surface area (Å²) < 4.78 is 12.4. The van der Waals surface area contributed by atoms with Crippen molar-refractivity contribution in [2.45, 2.75) is 0 Å². The Morgan fingerprint density at radius 3 is 1.45 bits per heavy atom. The van der Waals surface area contributed by atoms with E-state index >= 15 is 0 Å². The SMILES string of the molecule is c1ccc(-c2ccc(-c3ccc(N(c4ccc5c(ccc6cc7oc8ccccc8c7cc65)c4)c4ccc5oc6ccccc6c5c4)cc3)cc2)cc1. The summed E-state index contributed by atoms with van der Waals surface area (Å²) in [6.07, 6.45) is 0. The number of nitrogens with zero attached hydrogens (tertiary/aromatic N) is 1. The van der Waals surface area contributed by atoms with E-state index in [1.807, 2.05) is 24.3 Å². The zero-order chi connectivity index (χ0) is 34.9. The molecule has 0 aliphatic carbocycles. The number of rotatable bonds is 5. The van der Waals surface area contributed by atoms with Gasteiger partial charge in [-0.1, -0.05) is 121 Å². The van der Waals surface area contributed by atoms with Crippen LogP contribution in [0.15, 0.2) is 197 Å². The molecule has 9 aromatic carbocycles. The van der Waals surface area contributed by atoms with E-state index in [1.165, 1.54) is 43.8 Å². The van der Waals surface area contributed by atoms with Crippen molar-refractivity contribution in [3.8, 4) is 22.3 Å². The van der Waals surface area contributed by atoms with Crippen LogP contribution in [0.25, 0.3) is 87.7 Å². The highest BCUT2D eigenvalue weighted by molar-refractivity contribution is 6.17. The molecular weight excluding hydrogens is 647 g/mol. The molecule has 0 N–H and O–H groups in total. The Hall–Kier alpha value is -7.10. The highest BCUT2D eigenvalue weighted by Gasteiger charge is 2.17. The number of hydrogen-bond acceptors (Lipinski definition) is 3. The summed E-state index contributed by atoms with van der Waals surface area (Å²) in [5.41, 5.74) is 11.6. The van der Waals surface area contributed by atoms with Crippen molar-refractivity contribution in [1.82, 2.24) is 0 Å². The molecule has 0 atom stereocenters. The Balaban J connectivity index is 1.04. The lowest BCUT2D eigenvalue weighted by Crippen LogP contribution is -2.09. The first-order valence-corrected chi connectivity index (χ1v) is 18.0. The summed E-state index contributed by atoms with van der Waals surface area (Å²) in [4.78, 5) is 2.35. The third-order valence-electron chi connectivity index (χ3n) is 10.6. The molecule has 2 heterocycles. The Morgan fingerprint density at radius 1 is 0.264 bits per heavy atom. The molecule has 0 aliphatic heterocycles. The van der Waals surface area contributed by atoms with Gasteiger partial charge < -0.3 is 13.7 Å². The second-order valence-electron chi connectivity index (χ2n) is 13.7. The van der Waals surface area contributed by atoms with E-state index in [4.69, 9.17) is 8.83 Å². The number of benzene rings is 9. The quantitative estimate of drug-likeness (QED) is 0.170. The van der Waals surface area contributed by atoms with Gasteiger partial charge >= 0.3 is 0 Å². The highest BCUT2D eigenvalue weighted by atomic mass is 16.3. The van der Waals surface area contributed by atoms with Gasteiger partial charge in [0.2, 0.25) is 0 Å². The first-order valence-electron chi connectivity index (χ1n) is 18.0. The number of anilines is 3. The van der Waals surface area contributed by atoms with Crippen LogP contribution in [-0.2, 0) is 0 Å². The average molecular weight is 678 g/mol. The van der Waals surface area contributed by atoms with Crippen LogP contribution in [0, 0.1) is 0 Å². The van der Waals surface area contributed by atoms with Crippen LogP contribution < -0.4 is 4.90 Å². The van der Waals surface area contributed by atoms with Crippen molar-refractivity contribution in [1.29, 1.82) is 0 Å². The smallest absolute Gasteiger partial charge is 0.136 e. The monoisotopic (exact) mass is 677 g/mol. The van der Waals surface area contributed by atoms with Crippen molar-refractivity contribution in [3.05, 3.63) is 188 Å². The lowest BCUT2D eigenvalue weighted by atomic mass is 9.98. The molecule has 3 heteroatoms. The molecule has 0 saturated heterocycles. The predicted molar refractivity (Wildman–Crippen MR) is 222 cm³/mol. The van der Waals surface area contributed by atoms with Gasteiger partial charge in [0.1, 0.15) is 22.3 Å². The van der Waals surface area contributed by atoms with Gasteiger partial charge in [-0.15, -0.1) is 0 Å². The summed E-state index contributed by atoms with van der Waals surface area (Å²) in [6, 6.07) is 67.0.